The van der Waals surface area contributed by atoms with Gasteiger partial charge < -0.3 is 10.6 Å². The molecule has 1 unspecified atom stereocenters. The smallest absolute Gasteiger partial charge is 0.0723 e. The number of fused-ring (bicyclic) bond motifs is 1. The summed E-state index contributed by atoms with van der Waals surface area (Å²) < 4.78 is 0. The summed E-state index contributed by atoms with van der Waals surface area (Å²) in [6.07, 6.45) is 7.18. The van der Waals surface area contributed by atoms with Crippen LogP contribution in [0.3, 0.4) is 0 Å². The normalized spacial score (nSPS) is 19.7. The van der Waals surface area contributed by atoms with Crippen molar-refractivity contribution in [2.75, 3.05) is 18.0 Å². The van der Waals surface area contributed by atoms with Crippen LogP contribution in [-0.4, -0.2) is 18.1 Å². The van der Waals surface area contributed by atoms with Gasteiger partial charge in [0.25, 0.3) is 0 Å². The molecule has 2 heterocycles. The Morgan fingerprint density at radius 1 is 1.24 bits per heavy atom. The minimum atomic E-state index is 0.556. The van der Waals surface area contributed by atoms with Crippen LogP contribution in [0, 0.1) is 5.92 Å². The van der Waals surface area contributed by atoms with E-state index in [0.717, 1.165) is 24.5 Å². The monoisotopic (exact) mass is 283 g/mol. The van der Waals surface area contributed by atoms with Crippen LogP contribution in [0.5, 0.6) is 0 Å². The fourth-order valence-electron chi connectivity index (χ4n) is 3.49. The Kier molecular flexibility index (Phi) is 4.39. The number of anilines is 1. The fraction of sp³-hybridized carbons (Fsp3) is 0.500. The van der Waals surface area contributed by atoms with E-state index in [1.165, 1.54) is 42.3 Å². The van der Waals surface area contributed by atoms with Crippen LogP contribution >= 0.6 is 0 Å². The number of benzene rings is 1. The second kappa shape index (κ2) is 6.44. The number of aromatic nitrogens is 1. The third-order valence-electron chi connectivity index (χ3n) is 4.78. The first kappa shape index (κ1) is 14.3. The average molecular weight is 283 g/mol. The molecule has 3 rings (SSSR count). The summed E-state index contributed by atoms with van der Waals surface area (Å²) in [5.41, 5.74) is 9.53. The molecule has 1 aliphatic heterocycles. The van der Waals surface area contributed by atoms with E-state index in [4.69, 9.17) is 5.73 Å². The summed E-state index contributed by atoms with van der Waals surface area (Å²) in [6.45, 7) is 5.14. The van der Waals surface area contributed by atoms with E-state index in [9.17, 15) is 0 Å². The van der Waals surface area contributed by atoms with E-state index in [2.05, 4.69) is 41.1 Å². The van der Waals surface area contributed by atoms with Crippen LogP contribution in [0.25, 0.3) is 10.9 Å². The lowest BCUT2D eigenvalue weighted by atomic mass is 9.98. The highest BCUT2D eigenvalue weighted by Gasteiger charge is 2.19. The maximum absolute atomic E-state index is 5.97. The van der Waals surface area contributed by atoms with Gasteiger partial charge in [0.05, 0.1) is 11.2 Å². The van der Waals surface area contributed by atoms with Gasteiger partial charge in [-0.15, -0.1) is 0 Å². The highest BCUT2D eigenvalue weighted by atomic mass is 15.1. The number of hydrogen-bond acceptors (Lipinski definition) is 3. The number of nitrogens with two attached hydrogens (primary N) is 1. The number of nitrogens with zero attached hydrogens (tertiary/aromatic N) is 2. The zero-order chi connectivity index (χ0) is 14.7. The largest absolute Gasteiger partial charge is 0.371 e. The predicted octanol–water partition coefficient (Wildman–Crippen LogP) is 3.71. The minimum Gasteiger partial charge on any atom is -0.371 e. The fourth-order valence-corrected chi connectivity index (χ4v) is 3.49. The molecule has 1 atom stereocenters. The van der Waals surface area contributed by atoms with Crippen molar-refractivity contribution in [3.05, 3.63) is 36.0 Å². The molecule has 1 aromatic carbocycles. The molecule has 112 valence electrons. The zero-order valence-electron chi connectivity index (χ0n) is 12.9. The summed E-state index contributed by atoms with van der Waals surface area (Å²) in [4.78, 5) is 7.10. The second-order valence-corrected chi connectivity index (χ2v) is 6.05. The lowest BCUT2D eigenvalue weighted by Gasteiger charge is -2.27. The van der Waals surface area contributed by atoms with Gasteiger partial charge in [-0.3, -0.25) is 4.98 Å². The lowest BCUT2D eigenvalue weighted by molar-refractivity contribution is 0.459. The van der Waals surface area contributed by atoms with Gasteiger partial charge in [-0.05, 0) is 31.2 Å². The summed E-state index contributed by atoms with van der Waals surface area (Å²) >= 11 is 0. The molecule has 0 amide bonds. The van der Waals surface area contributed by atoms with Crippen LogP contribution in [-0.2, 0) is 6.54 Å². The highest BCUT2D eigenvalue weighted by Crippen LogP contribution is 2.32. The quantitative estimate of drug-likeness (QED) is 0.933. The van der Waals surface area contributed by atoms with E-state index in [1.807, 2.05) is 6.20 Å². The molecule has 0 bridgehead atoms. The Morgan fingerprint density at radius 3 is 2.90 bits per heavy atom. The molecular formula is C18H25N3. The number of hydrogen-bond donors (Lipinski definition) is 1. The molecule has 3 heteroatoms. The van der Waals surface area contributed by atoms with Gasteiger partial charge in [-0.25, -0.2) is 0 Å². The second-order valence-electron chi connectivity index (χ2n) is 6.05. The first-order valence-corrected chi connectivity index (χ1v) is 8.15. The predicted molar refractivity (Wildman–Crippen MR) is 89.5 cm³/mol. The molecular weight excluding hydrogens is 258 g/mol. The topological polar surface area (TPSA) is 42.1 Å². The van der Waals surface area contributed by atoms with Crippen LogP contribution in [0.4, 0.5) is 5.69 Å². The van der Waals surface area contributed by atoms with E-state index < -0.39 is 0 Å². The number of para-hydroxylation sites is 1. The van der Waals surface area contributed by atoms with Crippen LogP contribution < -0.4 is 10.6 Å². The molecule has 2 N–H and O–H groups in total. The SMILES string of the molecule is CCC1CCCN(c2c(CN)cnc3ccccc23)CC1. The van der Waals surface area contributed by atoms with Crippen LogP contribution in [0.2, 0.25) is 0 Å². The van der Waals surface area contributed by atoms with Crippen molar-refractivity contribution < 1.29 is 0 Å². The molecule has 21 heavy (non-hydrogen) atoms. The third-order valence-corrected chi connectivity index (χ3v) is 4.78. The molecule has 1 aliphatic rings. The average Bonchev–Trinajstić information content (AvgIpc) is 2.79. The zero-order valence-corrected chi connectivity index (χ0v) is 12.9. The van der Waals surface area contributed by atoms with E-state index in [1.54, 1.807) is 0 Å². The maximum Gasteiger partial charge on any atom is 0.0723 e. The maximum atomic E-state index is 5.97. The Balaban J connectivity index is 2.01. The van der Waals surface area contributed by atoms with Crippen LogP contribution in [0.15, 0.2) is 30.5 Å². The van der Waals surface area contributed by atoms with Gasteiger partial charge in [0.15, 0.2) is 0 Å². The Labute approximate surface area is 127 Å². The summed E-state index contributed by atoms with van der Waals surface area (Å²) in [7, 11) is 0. The molecule has 1 aromatic heterocycles. The van der Waals surface area contributed by atoms with Gasteiger partial charge >= 0.3 is 0 Å². The summed E-state index contributed by atoms with van der Waals surface area (Å²) in [6, 6.07) is 8.42. The van der Waals surface area contributed by atoms with Crippen molar-refractivity contribution in [2.45, 2.75) is 39.2 Å². The first-order valence-electron chi connectivity index (χ1n) is 8.15. The van der Waals surface area contributed by atoms with Crippen molar-refractivity contribution in [1.82, 2.24) is 4.98 Å². The van der Waals surface area contributed by atoms with Crippen molar-refractivity contribution in [3.8, 4) is 0 Å². The van der Waals surface area contributed by atoms with Crippen molar-refractivity contribution >= 4 is 16.6 Å². The van der Waals surface area contributed by atoms with Crippen molar-refractivity contribution in [1.29, 1.82) is 0 Å². The van der Waals surface area contributed by atoms with Crippen molar-refractivity contribution in [3.63, 3.8) is 0 Å². The van der Waals surface area contributed by atoms with Gasteiger partial charge in [-0.1, -0.05) is 31.5 Å². The molecule has 0 spiro atoms. The molecule has 1 saturated heterocycles. The summed E-state index contributed by atoms with van der Waals surface area (Å²) in [5, 5.41) is 1.25. The minimum absolute atomic E-state index is 0.556. The summed E-state index contributed by atoms with van der Waals surface area (Å²) in [5.74, 6) is 0.879. The van der Waals surface area contributed by atoms with Gasteiger partial charge in [-0.2, -0.15) is 0 Å². The van der Waals surface area contributed by atoms with E-state index in [-0.39, 0.29) is 0 Å². The Morgan fingerprint density at radius 2 is 2.10 bits per heavy atom. The molecule has 0 aliphatic carbocycles. The van der Waals surface area contributed by atoms with E-state index in [0.29, 0.717) is 6.54 Å². The molecule has 2 aromatic rings. The first-order chi connectivity index (χ1) is 10.3. The van der Waals surface area contributed by atoms with Gasteiger partial charge in [0.1, 0.15) is 0 Å². The van der Waals surface area contributed by atoms with Crippen molar-refractivity contribution in [2.24, 2.45) is 11.7 Å². The van der Waals surface area contributed by atoms with Crippen LogP contribution in [0.1, 0.15) is 38.2 Å². The Hall–Kier alpha value is -1.61. The third kappa shape index (κ3) is 2.88. The Bertz CT molecular complexity index is 608. The van der Waals surface area contributed by atoms with Gasteiger partial charge in [0, 0.05) is 36.8 Å². The standard InChI is InChI=1S/C18H25N3/c1-2-14-6-5-10-21(11-9-14)18-15(12-19)13-20-17-8-4-3-7-16(17)18/h3-4,7-8,13-14H,2,5-6,9-12,19H2,1H3. The number of rotatable bonds is 3. The molecule has 1 fully saturated rings. The van der Waals surface area contributed by atoms with E-state index >= 15 is 0 Å². The number of pyridine rings is 1. The molecule has 0 saturated carbocycles. The lowest BCUT2D eigenvalue weighted by Crippen LogP contribution is -2.26. The highest BCUT2D eigenvalue weighted by molar-refractivity contribution is 5.93. The molecule has 0 radical (unpaired) electrons. The molecule has 3 nitrogen and oxygen atoms in total. The van der Waals surface area contributed by atoms with Gasteiger partial charge in [0.2, 0.25) is 0 Å².